The molecule has 0 aliphatic carbocycles. The molecule has 5 heteroatoms. The SMILES string of the molecule is Fc1cc(F)cc(-n2c3cc4sc5ccccc5c4cc3c3ncc(-c4ccccc4)cc32)c1. The molecule has 0 fully saturated rings. The molecule has 0 saturated carbocycles. The number of aromatic nitrogens is 2. The van der Waals surface area contributed by atoms with Gasteiger partial charge in [-0.15, -0.1) is 11.3 Å². The molecule has 0 N–H and O–H groups in total. The van der Waals surface area contributed by atoms with E-state index in [-0.39, 0.29) is 0 Å². The highest BCUT2D eigenvalue weighted by Gasteiger charge is 2.18. The molecule has 0 amide bonds. The predicted molar refractivity (Wildman–Crippen MR) is 137 cm³/mol. The lowest BCUT2D eigenvalue weighted by Crippen LogP contribution is -1.96. The van der Waals surface area contributed by atoms with Crippen LogP contribution in [-0.2, 0) is 0 Å². The summed E-state index contributed by atoms with van der Waals surface area (Å²) in [6, 6.07) is 28.3. The molecule has 3 aromatic heterocycles. The lowest BCUT2D eigenvalue weighted by atomic mass is 10.1. The molecule has 0 aliphatic rings. The normalized spacial score (nSPS) is 11.8. The first-order valence-electron chi connectivity index (χ1n) is 10.9. The van der Waals surface area contributed by atoms with Gasteiger partial charge in [0, 0.05) is 43.4 Å². The van der Waals surface area contributed by atoms with Gasteiger partial charge < -0.3 is 4.57 Å². The Morgan fingerprint density at radius 1 is 0.618 bits per heavy atom. The van der Waals surface area contributed by atoms with Crippen LogP contribution in [0.3, 0.4) is 0 Å². The molecule has 0 aliphatic heterocycles. The second-order valence-corrected chi connectivity index (χ2v) is 9.47. The van der Waals surface area contributed by atoms with E-state index in [4.69, 9.17) is 4.98 Å². The first-order valence-corrected chi connectivity index (χ1v) is 11.7. The summed E-state index contributed by atoms with van der Waals surface area (Å²) >= 11 is 1.71. The van der Waals surface area contributed by atoms with Crippen molar-refractivity contribution in [3.8, 4) is 16.8 Å². The maximum Gasteiger partial charge on any atom is 0.128 e. The third-order valence-corrected chi connectivity index (χ3v) is 7.45. The molecular weight excluding hydrogens is 446 g/mol. The van der Waals surface area contributed by atoms with Crippen LogP contribution in [0.15, 0.2) is 97.2 Å². The molecule has 0 spiro atoms. The van der Waals surface area contributed by atoms with Gasteiger partial charge >= 0.3 is 0 Å². The number of hydrogen-bond donors (Lipinski definition) is 0. The minimum Gasteiger partial charge on any atom is -0.307 e. The van der Waals surface area contributed by atoms with E-state index in [1.807, 2.05) is 59.3 Å². The summed E-state index contributed by atoms with van der Waals surface area (Å²) in [5.41, 5.74) is 4.90. The third kappa shape index (κ3) is 2.87. The maximum absolute atomic E-state index is 14.3. The van der Waals surface area contributed by atoms with Crippen LogP contribution in [-0.4, -0.2) is 9.55 Å². The smallest absolute Gasteiger partial charge is 0.128 e. The Kier molecular flexibility index (Phi) is 4.11. The molecular formula is C29H16F2N2S. The molecule has 0 bridgehead atoms. The molecule has 0 unspecified atom stereocenters. The van der Waals surface area contributed by atoms with E-state index in [0.717, 1.165) is 49.2 Å². The van der Waals surface area contributed by atoms with Crippen molar-refractivity contribution in [2.45, 2.75) is 0 Å². The summed E-state index contributed by atoms with van der Waals surface area (Å²) in [5, 5.41) is 3.31. The van der Waals surface area contributed by atoms with Crippen molar-refractivity contribution >= 4 is 53.4 Å². The van der Waals surface area contributed by atoms with Crippen molar-refractivity contribution in [1.29, 1.82) is 0 Å². The van der Waals surface area contributed by atoms with E-state index in [0.29, 0.717) is 5.69 Å². The lowest BCUT2D eigenvalue weighted by molar-refractivity contribution is 0.582. The van der Waals surface area contributed by atoms with E-state index in [2.05, 4.69) is 24.3 Å². The second-order valence-electron chi connectivity index (χ2n) is 8.38. The highest BCUT2D eigenvalue weighted by atomic mass is 32.1. The van der Waals surface area contributed by atoms with Crippen molar-refractivity contribution in [2.75, 3.05) is 0 Å². The Morgan fingerprint density at radius 3 is 2.21 bits per heavy atom. The number of nitrogens with zero attached hydrogens (tertiary/aromatic N) is 2. The van der Waals surface area contributed by atoms with Crippen molar-refractivity contribution < 1.29 is 8.78 Å². The first-order chi connectivity index (χ1) is 16.7. The zero-order valence-corrected chi connectivity index (χ0v) is 18.6. The third-order valence-electron chi connectivity index (χ3n) is 6.31. The van der Waals surface area contributed by atoms with Gasteiger partial charge in [-0.05, 0) is 42.0 Å². The van der Waals surface area contributed by atoms with Gasteiger partial charge in [0.15, 0.2) is 0 Å². The van der Waals surface area contributed by atoms with Crippen LogP contribution >= 0.6 is 11.3 Å². The van der Waals surface area contributed by atoms with Crippen molar-refractivity contribution in [3.63, 3.8) is 0 Å². The maximum atomic E-state index is 14.3. The van der Waals surface area contributed by atoms with Crippen LogP contribution in [0.5, 0.6) is 0 Å². The fourth-order valence-electron chi connectivity index (χ4n) is 4.83. The number of rotatable bonds is 2. The molecule has 0 radical (unpaired) electrons. The zero-order valence-electron chi connectivity index (χ0n) is 17.8. The summed E-state index contributed by atoms with van der Waals surface area (Å²) < 4.78 is 32.8. The van der Waals surface area contributed by atoms with E-state index >= 15 is 0 Å². The van der Waals surface area contributed by atoms with Crippen LogP contribution in [0.4, 0.5) is 8.78 Å². The quantitative estimate of drug-likeness (QED) is 0.252. The Morgan fingerprint density at radius 2 is 1.38 bits per heavy atom. The van der Waals surface area contributed by atoms with E-state index in [9.17, 15) is 8.78 Å². The number of benzene rings is 4. The molecule has 7 aromatic rings. The van der Waals surface area contributed by atoms with Gasteiger partial charge in [-0.25, -0.2) is 8.78 Å². The van der Waals surface area contributed by atoms with Gasteiger partial charge in [-0.2, -0.15) is 0 Å². The fraction of sp³-hybridized carbons (Fsp3) is 0. The fourth-order valence-corrected chi connectivity index (χ4v) is 5.95. The Hall–Kier alpha value is -4.09. The van der Waals surface area contributed by atoms with E-state index in [1.54, 1.807) is 11.3 Å². The van der Waals surface area contributed by atoms with Gasteiger partial charge in [0.05, 0.1) is 22.2 Å². The van der Waals surface area contributed by atoms with Gasteiger partial charge in [0.2, 0.25) is 0 Å². The molecule has 7 rings (SSSR count). The summed E-state index contributed by atoms with van der Waals surface area (Å²) in [6.07, 6.45) is 1.86. The molecule has 0 atom stereocenters. The average Bonchev–Trinajstić information content (AvgIpc) is 3.37. The second kappa shape index (κ2) is 7.20. The van der Waals surface area contributed by atoms with Gasteiger partial charge in [-0.1, -0.05) is 48.5 Å². The molecule has 2 nitrogen and oxygen atoms in total. The first kappa shape index (κ1) is 19.4. The predicted octanol–water partition coefficient (Wildman–Crippen LogP) is 8.49. The minimum absolute atomic E-state index is 0.435. The molecule has 162 valence electrons. The van der Waals surface area contributed by atoms with Crippen LogP contribution in [0.2, 0.25) is 0 Å². The molecule has 0 saturated heterocycles. The number of pyridine rings is 1. The number of hydrogen-bond acceptors (Lipinski definition) is 2. The number of thiophene rings is 1. The van der Waals surface area contributed by atoms with Crippen LogP contribution in [0.25, 0.3) is 58.9 Å². The summed E-state index contributed by atoms with van der Waals surface area (Å²) in [5.74, 6) is -1.22. The number of halogens is 2. The van der Waals surface area contributed by atoms with Crippen molar-refractivity contribution in [2.24, 2.45) is 0 Å². The van der Waals surface area contributed by atoms with E-state index in [1.165, 1.54) is 22.2 Å². The lowest BCUT2D eigenvalue weighted by Gasteiger charge is -2.09. The molecule has 4 aromatic carbocycles. The van der Waals surface area contributed by atoms with Crippen molar-refractivity contribution in [1.82, 2.24) is 9.55 Å². The van der Waals surface area contributed by atoms with Crippen LogP contribution in [0.1, 0.15) is 0 Å². The Labute approximate surface area is 197 Å². The highest BCUT2D eigenvalue weighted by Crippen LogP contribution is 2.40. The largest absolute Gasteiger partial charge is 0.307 e. The minimum atomic E-state index is -0.611. The van der Waals surface area contributed by atoms with E-state index < -0.39 is 11.6 Å². The van der Waals surface area contributed by atoms with Gasteiger partial charge in [-0.3, -0.25) is 4.98 Å². The zero-order chi connectivity index (χ0) is 22.8. The Balaban J connectivity index is 1.63. The Bertz CT molecular complexity index is 1860. The summed E-state index contributed by atoms with van der Waals surface area (Å²) in [7, 11) is 0. The summed E-state index contributed by atoms with van der Waals surface area (Å²) in [4.78, 5) is 4.84. The monoisotopic (exact) mass is 462 g/mol. The van der Waals surface area contributed by atoms with Gasteiger partial charge in [0.1, 0.15) is 11.6 Å². The topological polar surface area (TPSA) is 17.8 Å². The number of fused-ring (bicyclic) bond motifs is 6. The van der Waals surface area contributed by atoms with Crippen LogP contribution < -0.4 is 0 Å². The molecule has 3 heterocycles. The highest BCUT2D eigenvalue weighted by molar-refractivity contribution is 7.25. The van der Waals surface area contributed by atoms with Gasteiger partial charge in [0.25, 0.3) is 0 Å². The molecule has 34 heavy (non-hydrogen) atoms. The van der Waals surface area contributed by atoms with Crippen LogP contribution in [0, 0.1) is 11.6 Å². The standard InChI is InChI=1S/C29H16F2N2S/c30-19-11-20(31)13-21(12-19)33-25-15-28-23(22-8-4-5-9-27(22)34-28)14-24(25)29-26(33)10-18(16-32-29)17-6-2-1-3-7-17/h1-16H. The summed E-state index contributed by atoms with van der Waals surface area (Å²) in [6.45, 7) is 0. The van der Waals surface area contributed by atoms with Crippen molar-refractivity contribution in [3.05, 3.63) is 109 Å². The average molecular weight is 463 g/mol.